The van der Waals surface area contributed by atoms with E-state index in [1.807, 2.05) is 6.07 Å². The summed E-state index contributed by atoms with van der Waals surface area (Å²) in [5, 5.41) is 0. The SMILES string of the molecule is COc1cc(COC(=O)[C@H]2C(C=O)=Cc3cc4c(cc3[C@@H]2c2cc(OC)c(OC)c(OC)c2)OCO4)cc(OC)c1OC. The number of hydrogen-bond donors (Lipinski definition) is 0. The molecule has 0 fully saturated rings. The third kappa shape index (κ3) is 5.33. The molecule has 1 heterocycles. The first kappa shape index (κ1) is 29.4. The number of rotatable bonds is 11. The molecule has 0 radical (unpaired) electrons. The van der Waals surface area contributed by atoms with Crippen molar-refractivity contribution in [2.45, 2.75) is 12.5 Å². The van der Waals surface area contributed by atoms with Crippen molar-refractivity contribution < 1.29 is 52.2 Å². The smallest absolute Gasteiger partial charge is 0.314 e. The van der Waals surface area contributed by atoms with Crippen LogP contribution in [0.25, 0.3) is 6.08 Å². The molecule has 1 aliphatic heterocycles. The van der Waals surface area contributed by atoms with Crippen LogP contribution in [-0.2, 0) is 20.9 Å². The van der Waals surface area contributed by atoms with Crippen molar-refractivity contribution in [3.05, 3.63) is 64.2 Å². The van der Waals surface area contributed by atoms with Gasteiger partial charge in [0.1, 0.15) is 12.9 Å². The van der Waals surface area contributed by atoms with E-state index in [4.69, 9.17) is 42.6 Å². The van der Waals surface area contributed by atoms with Gasteiger partial charge in [0, 0.05) is 11.5 Å². The Bertz CT molecular complexity index is 1530. The van der Waals surface area contributed by atoms with Crippen LogP contribution < -0.4 is 37.9 Å². The van der Waals surface area contributed by atoms with Crippen LogP contribution in [0.5, 0.6) is 46.0 Å². The van der Waals surface area contributed by atoms with Gasteiger partial charge in [-0.2, -0.15) is 0 Å². The Morgan fingerprint density at radius 1 is 0.767 bits per heavy atom. The van der Waals surface area contributed by atoms with Crippen molar-refractivity contribution in [1.29, 1.82) is 0 Å². The summed E-state index contributed by atoms with van der Waals surface area (Å²) in [5.41, 5.74) is 2.91. The molecule has 0 saturated heterocycles. The molecule has 43 heavy (non-hydrogen) atoms. The van der Waals surface area contributed by atoms with Gasteiger partial charge in [0.2, 0.25) is 18.3 Å². The summed E-state index contributed by atoms with van der Waals surface area (Å²) in [6.07, 6.45) is 2.34. The Balaban J connectivity index is 1.60. The van der Waals surface area contributed by atoms with Crippen LogP contribution in [0, 0.1) is 5.92 Å². The highest BCUT2D eigenvalue weighted by molar-refractivity contribution is 5.95. The quantitative estimate of drug-likeness (QED) is 0.231. The topological polar surface area (TPSA) is 117 Å². The monoisotopic (exact) mass is 592 g/mol. The summed E-state index contributed by atoms with van der Waals surface area (Å²) < 4.78 is 50.1. The highest BCUT2D eigenvalue weighted by Crippen LogP contribution is 2.50. The molecular weight excluding hydrogens is 560 g/mol. The lowest BCUT2D eigenvalue weighted by Crippen LogP contribution is -2.30. The van der Waals surface area contributed by atoms with Gasteiger partial charge in [-0.1, -0.05) is 0 Å². The fourth-order valence-electron chi connectivity index (χ4n) is 5.50. The third-order valence-electron chi connectivity index (χ3n) is 7.47. The Kier molecular flexibility index (Phi) is 8.51. The highest BCUT2D eigenvalue weighted by Gasteiger charge is 2.41. The number of esters is 1. The summed E-state index contributed by atoms with van der Waals surface area (Å²) in [6, 6.07) is 10.5. The minimum absolute atomic E-state index is 0.0670. The van der Waals surface area contributed by atoms with Crippen molar-refractivity contribution in [1.82, 2.24) is 0 Å². The first-order chi connectivity index (χ1) is 20.9. The maximum atomic E-state index is 14.0. The van der Waals surface area contributed by atoms with Crippen LogP contribution in [0.1, 0.15) is 28.2 Å². The number of carbonyl (C=O) groups is 2. The molecule has 0 saturated carbocycles. The Labute approximate surface area is 248 Å². The third-order valence-corrected chi connectivity index (χ3v) is 7.47. The van der Waals surface area contributed by atoms with E-state index in [0.29, 0.717) is 69.0 Å². The average molecular weight is 593 g/mol. The second kappa shape index (κ2) is 12.4. The summed E-state index contributed by atoms with van der Waals surface area (Å²) in [7, 11) is 9.03. The van der Waals surface area contributed by atoms with E-state index in [-0.39, 0.29) is 19.0 Å². The van der Waals surface area contributed by atoms with Gasteiger partial charge >= 0.3 is 5.97 Å². The van der Waals surface area contributed by atoms with Gasteiger partial charge in [-0.25, -0.2) is 0 Å². The molecule has 226 valence electrons. The van der Waals surface area contributed by atoms with Crippen LogP contribution in [0.15, 0.2) is 42.0 Å². The molecule has 0 bridgehead atoms. The zero-order valence-corrected chi connectivity index (χ0v) is 24.7. The molecule has 2 aliphatic rings. The lowest BCUT2D eigenvalue weighted by atomic mass is 9.71. The van der Waals surface area contributed by atoms with Crippen molar-refractivity contribution in [2.75, 3.05) is 49.5 Å². The second-order valence-corrected chi connectivity index (χ2v) is 9.65. The lowest BCUT2D eigenvalue weighted by Gasteiger charge is -2.32. The van der Waals surface area contributed by atoms with Crippen LogP contribution in [-0.4, -0.2) is 61.7 Å². The van der Waals surface area contributed by atoms with Crippen molar-refractivity contribution in [3.63, 3.8) is 0 Å². The minimum atomic E-state index is -1.02. The number of benzene rings is 3. The van der Waals surface area contributed by atoms with Gasteiger partial charge in [-0.05, 0) is 64.7 Å². The molecule has 0 N–H and O–H groups in total. The van der Waals surface area contributed by atoms with E-state index in [0.717, 1.165) is 5.56 Å². The standard InChI is InChI=1S/C32H32O11/c1-35-24-7-17(8-25(36-2)30(24)39-5)15-41-32(34)29-20(14-33)9-18-10-22-23(43-16-42-22)13-21(18)28(29)19-11-26(37-3)31(40-6)27(12-19)38-4/h7-14,28-29H,15-16H2,1-6H3/t28-,29-/m0/s1. The number of methoxy groups -OCH3 is 6. The normalized spacial score (nSPS) is 16.4. The molecule has 0 aromatic heterocycles. The number of hydrogen-bond acceptors (Lipinski definition) is 11. The summed E-state index contributed by atoms with van der Waals surface area (Å²) >= 11 is 0. The van der Waals surface area contributed by atoms with Crippen LogP contribution in [0.3, 0.4) is 0 Å². The zero-order chi connectivity index (χ0) is 30.7. The van der Waals surface area contributed by atoms with E-state index in [1.54, 1.807) is 36.4 Å². The number of carbonyl (C=O) groups excluding carboxylic acids is 2. The number of ether oxygens (including phenoxy) is 9. The van der Waals surface area contributed by atoms with E-state index < -0.39 is 17.8 Å². The van der Waals surface area contributed by atoms with E-state index in [2.05, 4.69) is 0 Å². The van der Waals surface area contributed by atoms with Crippen LogP contribution in [0.4, 0.5) is 0 Å². The van der Waals surface area contributed by atoms with Crippen molar-refractivity contribution in [2.24, 2.45) is 5.92 Å². The first-order valence-electron chi connectivity index (χ1n) is 13.3. The Morgan fingerprint density at radius 3 is 1.81 bits per heavy atom. The van der Waals surface area contributed by atoms with Gasteiger partial charge in [0.25, 0.3) is 0 Å². The molecule has 0 unspecified atom stereocenters. The van der Waals surface area contributed by atoms with Gasteiger partial charge in [0.05, 0.1) is 48.6 Å². The van der Waals surface area contributed by atoms with E-state index >= 15 is 0 Å². The van der Waals surface area contributed by atoms with Crippen molar-refractivity contribution in [3.8, 4) is 46.0 Å². The van der Waals surface area contributed by atoms with Gasteiger partial charge in [-0.3, -0.25) is 9.59 Å². The lowest BCUT2D eigenvalue weighted by molar-refractivity contribution is -0.149. The minimum Gasteiger partial charge on any atom is -0.493 e. The Hall–Kier alpha value is -5.06. The molecule has 11 heteroatoms. The average Bonchev–Trinajstić information content (AvgIpc) is 3.51. The molecule has 2 atom stereocenters. The molecule has 3 aromatic carbocycles. The summed E-state index contributed by atoms with van der Waals surface area (Å²) in [6.45, 7) is -0.0499. The van der Waals surface area contributed by atoms with Gasteiger partial charge < -0.3 is 42.6 Å². The molecule has 3 aromatic rings. The van der Waals surface area contributed by atoms with E-state index in [1.165, 1.54) is 42.7 Å². The zero-order valence-electron chi connectivity index (χ0n) is 24.7. The molecule has 1 aliphatic carbocycles. The predicted molar refractivity (Wildman–Crippen MR) is 154 cm³/mol. The number of aldehydes is 1. The van der Waals surface area contributed by atoms with Crippen LogP contribution >= 0.6 is 0 Å². The fourth-order valence-corrected chi connectivity index (χ4v) is 5.50. The van der Waals surface area contributed by atoms with Gasteiger partial charge in [0.15, 0.2) is 34.5 Å². The predicted octanol–water partition coefficient (Wildman–Crippen LogP) is 4.55. The second-order valence-electron chi connectivity index (χ2n) is 9.65. The van der Waals surface area contributed by atoms with Crippen LogP contribution in [0.2, 0.25) is 0 Å². The first-order valence-corrected chi connectivity index (χ1v) is 13.3. The maximum Gasteiger partial charge on any atom is 0.314 e. The summed E-state index contributed by atoms with van der Waals surface area (Å²) in [5.74, 6) is 1.19. The molecule has 0 amide bonds. The number of fused-ring (bicyclic) bond motifs is 2. The molecule has 11 nitrogen and oxygen atoms in total. The highest BCUT2D eigenvalue weighted by atomic mass is 16.7. The maximum absolute atomic E-state index is 14.0. The molecule has 5 rings (SSSR count). The summed E-state index contributed by atoms with van der Waals surface area (Å²) in [4.78, 5) is 26.5. The van der Waals surface area contributed by atoms with Gasteiger partial charge in [-0.15, -0.1) is 0 Å². The Morgan fingerprint density at radius 2 is 1.30 bits per heavy atom. The molecular formula is C32H32O11. The fraction of sp³-hybridized carbons (Fsp3) is 0.312. The van der Waals surface area contributed by atoms with E-state index in [9.17, 15) is 9.59 Å². The molecule has 0 spiro atoms. The van der Waals surface area contributed by atoms with Crippen molar-refractivity contribution >= 4 is 18.3 Å². The largest absolute Gasteiger partial charge is 0.493 e.